The van der Waals surface area contributed by atoms with Crippen molar-refractivity contribution in [3.05, 3.63) is 34.7 Å². The topological polar surface area (TPSA) is 78.9 Å². The Morgan fingerprint density at radius 1 is 1.30 bits per heavy atom. The zero-order valence-electron chi connectivity index (χ0n) is 11.3. The normalized spacial score (nSPS) is 10.2. The number of benzene rings is 1. The molecule has 6 nitrogen and oxygen atoms in total. The van der Waals surface area contributed by atoms with Gasteiger partial charge in [-0.15, -0.1) is 12.4 Å². The summed E-state index contributed by atoms with van der Waals surface area (Å²) in [6, 6.07) is 7.32. The van der Waals surface area contributed by atoms with Crippen LogP contribution in [0.2, 0.25) is 0 Å². The largest absolute Gasteiger partial charge is 0.353 e. The Labute approximate surface area is 123 Å². The van der Waals surface area contributed by atoms with Gasteiger partial charge < -0.3 is 15.6 Å². The molecule has 7 heteroatoms. The first-order chi connectivity index (χ1) is 9.22. The molecule has 3 N–H and O–H groups in total. The Morgan fingerprint density at radius 2 is 2.05 bits per heavy atom. The Hall–Kier alpha value is -1.79. The van der Waals surface area contributed by atoms with Crippen LogP contribution in [0.5, 0.6) is 0 Å². The maximum Gasteiger partial charge on any atom is 0.326 e. The van der Waals surface area contributed by atoms with Gasteiger partial charge in [0, 0.05) is 13.1 Å². The molecule has 0 saturated carbocycles. The van der Waals surface area contributed by atoms with E-state index >= 15 is 0 Å². The molecular weight excluding hydrogens is 280 g/mol. The molecule has 0 fully saturated rings. The molecule has 0 aliphatic heterocycles. The molecule has 1 aromatic carbocycles. The van der Waals surface area contributed by atoms with Gasteiger partial charge in [0.2, 0.25) is 5.91 Å². The summed E-state index contributed by atoms with van der Waals surface area (Å²) in [5, 5.41) is 5.89. The highest BCUT2D eigenvalue weighted by Gasteiger charge is 2.09. The van der Waals surface area contributed by atoms with Gasteiger partial charge in [-0.25, -0.2) is 4.79 Å². The summed E-state index contributed by atoms with van der Waals surface area (Å²) in [5.74, 6) is -0.162. The first kappa shape index (κ1) is 16.3. The maximum atomic E-state index is 11.8. The minimum atomic E-state index is -0.261. The number of imidazole rings is 1. The summed E-state index contributed by atoms with van der Waals surface area (Å²) >= 11 is 0. The van der Waals surface area contributed by atoms with E-state index in [9.17, 15) is 9.59 Å². The summed E-state index contributed by atoms with van der Waals surface area (Å²) in [4.78, 5) is 26.2. The number of rotatable bonds is 6. The van der Waals surface area contributed by atoms with E-state index in [0.29, 0.717) is 6.54 Å². The number of fused-ring (bicyclic) bond motifs is 1. The quantitative estimate of drug-likeness (QED) is 0.679. The molecule has 2 rings (SSSR count). The SMILES string of the molecule is CCNCCNC(=O)Cn1c(=O)[nH]c2ccccc21.Cl. The third kappa shape index (κ3) is 3.85. The first-order valence-electron chi connectivity index (χ1n) is 6.37. The number of aromatic amines is 1. The van der Waals surface area contributed by atoms with E-state index in [1.54, 1.807) is 0 Å². The average molecular weight is 299 g/mol. The zero-order chi connectivity index (χ0) is 13.7. The van der Waals surface area contributed by atoms with Crippen LogP contribution in [-0.2, 0) is 11.3 Å². The predicted molar refractivity (Wildman–Crippen MR) is 81.4 cm³/mol. The first-order valence-corrected chi connectivity index (χ1v) is 6.37. The second-order valence-corrected chi connectivity index (χ2v) is 4.24. The summed E-state index contributed by atoms with van der Waals surface area (Å²) in [6.07, 6.45) is 0. The van der Waals surface area contributed by atoms with Crippen LogP contribution in [0.4, 0.5) is 0 Å². The highest BCUT2D eigenvalue weighted by Crippen LogP contribution is 2.08. The molecule has 1 aromatic heterocycles. The Bertz CT molecular complexity index is 620. The van der Waals surface area contributed by atoms with Crippen LogP contribution >= 0.6 is 12.4 Å². The third-order valence-corrected chi connectivity index (χ3v) is 2.86. The number of nitrogens with zero attached hydrogens (tertiary/aromatic N) is 1. The molecule has 0 bridgehead atoms. The van der Waals surface area contributed by atoms with Crippen molar-refractivity contribution in [3.63, 3.8) is 0 Å². The Morgan fingerprint density at radius 3 is 2.80 bits per heavy atom. The van der Waals surface area contributed by atoms with Crippen molar-refractivity contribution in [1.82, 2.24) is 20.2 Å². The number of aromatic nitrogens is 2. The molecule has 0 atom stereocenters. The molecule has 20 heavy (non-hydrogen) atoms. The highest BCUT2D eigenvalue weighted by molar-refractivity contribution is 5.85. The van der Waals surface area contributed by atoms with E-state index in [4.69, 9.17) is 0 Å². The minimum absolute atomic E-state index is 0. The maximum absolute atomic E-state index is 11.8. The van der Waals surface area contributed by atoms with Crippen LogP contribution in [0.3, 0.4) is 0 Å². The van der Waals surface area contributed by atoms with E-state index in [-0.39, 0.29) is 30.5 Å². The third-order valence-electron chi connectivity index (χ3n) is 2.86. The molecule has 0 aliphatic carbocycles. The molecule has 1 heterocycles. The van der Waals surface area contributed by atoms with Crippen molar-refractivity contribution in [2.75, 3.05) is 19.6 Å². The van der Waals surface area contributed by atoms with Crippen LogP contribution in [0.15, 0.2) is 29.1 Å². The molecule has 0 spiro atoms. The van der Waals surface area contributed by atoms with Crippen molar-refractivity contribution in [2.24, 2.45) is 0 Å². The number of H-pyrrole nitrogens is 1. The highest BCUT2D eigenvalue weighted by atomic mass is 35.5. The second kappa shape index (κ2) is 7.72. The summed E-state index contributed by atoms with van der Waals surface area (Å²) < 4.78 is 1.44. The molecule has 0 radical (unpaired) electrons. The van der Waals surface area contributed by atoms with E-state index in [1.807, 2.05) is 31.2 Å². The number of hydrogen-bond donors (Lipinski definition) is 3. The van der Waals surface area contributed by atoms with Crippen molar-refractivity contribution in [2.45, 2.75) is 13.5 Å². The number of halogens is 1. The van der Waals surface area contributed by atoms with Gasteiger partial charge in [-0.05, 0) is 18.7 Å². The van der Waals surface area contributed by atoms with Crippen molar-refractivity contribution >= 4 is 29.3 Å². The zero-order valence-corrected chi connectivity index (χ0v) is 12.1. The van der Waals surface area contributed by atoms with Crippen molar-refractivity contribution in [1.29, 1.82) is 0 Å². The van der Waals surface area contributed by atoms with Gasteiger partial charge in [0.15, 0.2) is 0 Å². The molecular formula is C13H19ClN4O2. The average Bonchev–Trinajstić information content (AvgIpc) is 2.72. The van der Waals surface area contributed by atoms with Gasteiger partial charge in [-0.3, -0.25) is 9.36 Å². The molecule has 110 valence electrons. The van der Waals surface area contributed by atoms with Gasteiger partial charge in [-0.2, -0.15) is 0 Å². The standard InChI is InChI=1S/C13H18N4O2.ClH/c1-2-14-7-8-15-12(18)9-17-11-6-4-3-5-10(11)16-13(17)19;/h3-6,14H,2,7-9H2,1H3,(H,15,18)(H,16,19);1H. The monoisotopic (exact) mass is 298 g/mol. The number of likely N-dealkylation sites (N-methyl/N-ethyl adjacent to an activating group) is 1. The fourth-order valence-corrected chi connectivity index (χ4v) is 1.93. The van der Waals surface area contributed by atoms with Gasteiger partial charge in [0.1, 0.15) is 6.54 Å². The number of carbonyl (C=O) groups is 1. The lowest BCUT2D eigenvalue weighted by atomic mass is 10.3. The smallest absolute Gasteiger partial charge is 0.326 e. The van der Waals surface area contributed by atoms with Gasteiger partial charge in [0.05, 0.1) is 11.0 Å². The molecule has 0 aliphatic rings. The van der Waals surface area contributed by atoms with Crippen LogP contribution in [0, 0.1) is 0 Å². The van der Waals surface area contributed by atoms with Gasteiger partial charge in [0.25, 0.3) is 0 Å². The lowest BCUT2D eigenvalue weighted by Gasteiger charge is -2.06. The fraction of sp³-hybridized carbons (Fsp3) is 0.385. The Kier molecular flexibility index (Phi) is 6.27. The molecule has 0 unspecified atom stereocenters. The number of nitrogens with one attached hydrogen (secondary N) is 3. The molecule has 1 amide bonds. The number of hydrogen-bond acceptors (Lipinski definition) is 3. The van der Waals surface area contributed by atoms with Crippen LogP contribution in [0.25, 0.3) is 11.0 Å². The molecule has 0 saturated heterocycles. The number of para-hydroxylation sites is 2. The summed E-state index contributed by atoms with van der Waals surface area (Å²) in [5.41, 5.74) is 1.23. The fourth-order valence-electron chi connectivity index (χ4n) is 1.93. The van der Waals surface area contributed by atoms with Gasteiger partial charge in [-0.1, -0.05) is 19.1 Å². The van der Waals surface area contributed by atoms with E-state index in [2.05, 4.69) is 15.6 Å². The van der Waals surface area contributed by atoms with Gasteiger partial charge >= 0.3 is 5.69 Å². The minimum Gasteiger partial charge on any atom is -0.353 e. The predicted octanol–water partition coefficient (Wildman–Crippen LogP) is 0.477. The van der Waals surface area contributed by atoms with Crippen LogP contribution < -0.4 is 16.3 Å². The number of amides is 1. The summed E-state index contributed by atoms with van der Waals surface area (Å²) in [6.45, 7) is 4.20. The number of carbonyl (C=O) groups excluding carboxylic acids is 1. The van der Waals surface area contributed by atoms with Crippen molar-refractivity contribution in [3.8, 4) is 0 Å². The molecule has 2 aromatic rings. The second-order valence-electron chi connectivity index (χ2n) is 4.24. The van der Waals surface area contributed by atoms with E-state index < -0.39 is 0 Å². The van der Waals surface area contributed by atoms with Crippen LogP contribution in [-0.4, -0.2) is 35.1 Å². The Balaban J connectivity index is 0.00000200. The van der Waals surface area contributed by atoms with Crippen molar-refractivity contribution < 1.29 is 4.79 Å². The van der Waals surface area contributed by atoms with Crippen LogP contribution in [0.1, 0.15) is 6.92 Å². The van der Waals surface area contributed by atoms with E-state index in [0.717, 1.165) is 24.1 Å². The lowest BCUT2D eigenvalue weighted by Crippen LogP contribution is -2.35. The summed E-state index contributed by atoms with van der Waals surface area (Å²) in [7, 11) is 0. The van der Waals surface area contributed by atoms with E-state index in [1.165, 1.54) is 4.57 Å². The lowest BCUT2D eigenvalue weighted by molar-refractivity contribution is -0.121.